The van der Waals surface area contributed by atoms with Crippen molar-refractivity contribution < 1.29 is 4.79 Å². The van der Waals surface area contributed by atoms with Crippen molar-refractivity contribution in [3.8, 4) is 0 Å². The van der Waals surface area contributed by atoms with Gasteiger partial charge in [0, 0.05) is 37.9 Å². The zero-order valence-electron chi connectivity index (χ0n) is 12.1. The number of anilines is 2. The predicted octanol–water partition coefficient (Wildman–Crippen LogP) is 3.44. The number of amides is 1. The number of benzene rings is 1. The van der Waals surface area contributed by atoms with Crippen LogP contribution in [-0.4, -0.2) is 26.0 Å². The summed E-state index contributed by atoms with van der Waals surface area (Å²) in [6, 6.07) is 8.36. The number of carbonyl (C=O) groups excluding carboxylic acids is 1. The van der Waals surface area contributed by atoms with Gasteiger partial charge in [-0.1, -0.05) is 13.3 Å². The minimum Gasteiger partial charge on any atom is -0.372 e. The van der Waals surface area contributed by atoms with E-state index >= 15 is 0 Å². The Labute approximate surface area is 116 Å². The number of hydrogen-bond donors (Lipinski definition) is 0. The zero-order valence-corrected chi connectivity index (χ0v) is 12.1. The molecule has 3 heteroatoms. The van der Waals surface area contributed by atoms with Gasteiger partial charge in [-0.15, -0.1) is 0 Å². The molecule has 0 bridgehead atoms. The van der Waals surface area contributed by atoms with E-state index in [1.807, 2.05) is 7.05 Å². The van der Waals surface area contributed by atoms with Gasteiger partial charge in [-0.3, -0.25) is 4.79 Å². The first-order valence-corrected chi connectivity index (χ1v) is 7.34. The number of rotatable bonds is 5. The topological polar surface area (TPSA) is 23.6 Å². The molecule has 1 aliphatic heterocycles. The lowest BCUT2D eigenvalue weighted by molar-refractivity contribution is -0.118. The average Bonchev–Trinajstić information content (AvgIpc) is 2.98. The van der Waals surface area contributed by atoms with Crippen LogP contribution in [0.25, 0.3) is 0 Å². The second-order valence-corrected chi connectivity index (χ2v) is 5.27. The maximum atomic E-state index is 12.0. The minimum atomic E-state index is 0.204. The Bertz CT molecular complexity index is 407. The van der Waals surface area contributed by atoms with Crippen molar-refractivity contribution in [2.24, 2.45) is 0 Å². The lowest BCUT2D eigenvalue weighted by atomic mass is 10.2. The fourth-order valence-electron chi connectivity index (χ4n) is 2.50. The lowest BCUT2D eigenvalue weighted by Crippen LogP contribution is -2.26. The van der Waals surface area contributed by atoms with E-state index in [4.69, 9.17) is 0 Å². The van der Waals surface area contributed by atoms with Gasteiger partial charge in [-0.25, -0.2) is 0 Å². The summed E-state index contributed by atoms with van der Waals surface area (Å²) in [7, 11) is 1.86. The monoisotopic (exact) mass is 260 g/mol. The van der Waals surface area contributed by atoms with E-state index in [1.165, 1.54) is 18.5 Å². The smallest absolute Gasteiger partial charge is 0.226 e. The summed E-state index contributed by atoms with van der Waals surface area (Å²) in [5, 5.41) is 0. The molecule has 3 nitrogen and oxygen atoms in total. The molecule has 0 saturated carbocycles. The molecule has 0 aromatic heterocycles. The molecule has 2 rings (SSSR count). The van der Waals surface area contributed by atoms with Crippen molar-refractivity contribution in [3.63, 3.8) is 0 Å². The van der Waals surface area contributed by atoms with Crippen LogP contribution in [0.5, 0.6) is 0 Å². The van der Waals surface area contributed by atoms with E-state index in [0.717, 1.165) is 31.6 Å². The highest BCUT2D eigenvalue weighted by Crippen LogP contribution is 2.23. The Morgan fingerprint density at radius 2 is 1.84 bits per heavy atom. The lowest BCUT2D eigenvalue weighted by Gasteiger charge is -2.21. The number of nitrogens with zero attached hydrogens (tertiary/aromatic N) is 2. The minimum absolute atomic E-state index is 0.204. The van der Waals surface area contributed by atoms with Crippen LogP contribution in [0.2, 0.25) is 0 Å². The third-order valence-electron chi connectivity index (χ3n) is 3.83. The first-order chi connectivity index (χ1) is 9.22. The van der Waals surface area contributed by atoms with Crippen LogP contribution in [0.4, 0.5) is 11.4 Å². The van der Waals surface area contributed by atoms with E-state index in [-0.39, 0.29) is 5.91 Å². The molecule has 104 valence electrons. The van der Waals surface area contributed by atoms with Crippen LogP contribution in [0.1, 0.15) is 39.0 Å². The van der Waals surface area contributed by atoms with Crippen molar-refractivity contribution >= 4 is 17.3 Å². The predicted molar refractivity (Wildman–Crippen MR) is 80.8 cm³/mol. The van der Waals surface area contributed by atoms with Crippen LogP contribution in [0.15, 0.2) is 24.3 Å². The van der Waals surface area contributed by atoms with Gasteiger partial charge in [-0.05, 0) is 43.5 Å². The molecule has 1 fully saturated rings. The van der Waals surface area contributed by atoms with E-state index in [9.17, 15) is 4.79 Å². The largest absolute Gasteiger partial charge is 0.372 e. The molecule has 0 atom stereocenters. The molecular formula is C16H24N2O. The Balaban J connectivity index is 1.98. The van der Waals surface area contributed by atoms with E-state index in [1.54, 1.807) is 4.90 Å². The van der Waals surface area contributed by atoms with Gasteiger partial charge < -0.3 is 9.80 Å². The second kappa shape index (κ2) is 6.60. The van der Waals surface area contributed by atoms with Crippen LogP contribution in [0.3, 0.4) is 0 Å². The third kappa shape index (κ3) is 3.49. The Hall–Kier alpha value is -1.51. The fourth-order valence-corrected chi connectivity index (χ4v) is 2.50. The quantitative estimate of drug-likeness (QED) is 0.809. The van der Waals surface area contributed by atoms with Crippen molar-refractivity contribution in [1.82, 2.24) is 0 Å². The summed E-state index contributed by atoms with van der Waals surface area (Å²) in [5.41, 5.74) is 2.26. The molecule has 1 saturated heterocycles. The summed E-state index contributed by atoms with van der Waals surface area (Å²) in [4.78, 5) is 16.1. The van der Waals surface area contributed by atoms with Crippen LogP contribution >= 0.6 is 0 Å². The van der Waals surface area contributed by atoms with Gasteiger partial charge in [-0.2, -0.15) is 0 Å². The molecule has 0 unspecified atom stereocenters. The van der Waals surface area contributed by atoms with Crippen LogP contribution in [0, 0.1) is 0 Å². The fraction of sp³-hybridized carbons (Fsp3) is 0.562. The number of carbonyl (C=O) groups is 1. The van der Waals surface area contributed by atoms with Crippen molar-refractivity contribution in [3.05, 3.63) is 24.3 Å². The summed E-state index contributed by atoms with van der Waals surface area (Å²) in [6.07, 6.45) is 5.25. The molecular weight excluding hydrogens is 236 g/mol. The zero-order chi connectivity index (χ0) is 13.7. The number of hydrogen-bond acceptors (Lipinski definition) is 2. The molecule has 0 spiro atoms. The second-order valence-electron chi connectivity index (χ2n) is 5.27. The first kappa shape index (κ1) is 13.9. The summed E-state index contributed by atoms with van der Waals surface area (Å²) < 4.78 is 0. The van der Waals surface area contributed by atoms with Gasteiger partial charge in [0.15, 0.2) is 0 Å². The average molecular weight is 260 g/mol. The molecule has 0 aliphatic carbocycles. The molecule has 1 amide bonds. The van der Waals surface area contributed by atoms with Crippen molar-refractivity contribution in [1.29, 1.82) is 0 Å². The third-order valence-corrected chi connectivity index (χ3v) is 3.83. The van der Waals surface area contributed by atoms with Crippen LogP contribution < -0.4 is 9.80 Å². The highest BCUT2D eigenvalue weighted by molar-refractivity contribution is 5.92. The van der Waals surface area contributed by atoms with Crippen LogP contribution in [-0.2, 0) is 4.79 Å². The maximum absolute atomic E-state index is 12.0. The van der Waals surface area contributed by atoms with Gasteiger partial charge in [0.05, 0.1) is 0 Å². The van der Waals surface area contributed by atoms with Gasteiger partial charge >= 0.3 is 0 Å². The maximum Gasteiger partial charge on any atom is 0.226 e. The van der Waals surface area contributed by atoms with Gasteiger partial charge in [0.25, 0.3) is 0 Å². The SMILES string of the molecule is CCCCC(=O)N(C)c1ccc(N2CCCC2)cc1. The highest BCUT2D eigenvalue weighted by atomic mass is 16.2. The van der Waals surface area contributed by atoms with E-state index in [0.29, 0.717) is 6.42 Å². The molecule has 0 N–H and O–H groups in total. The summed E-state index contributed by atoms with van der Waals surface area (Å²) >= 11 is 0. The Morgan fingerprint density at radius 3 is 2.42 bits per heavy atom. The summed E-state index contributed by atoms with van der Waals surface area (Å²) in [6.45, 7) is 4.42. The first-order valence-electron chi connectivity index (χ1n) is 7.34. The molecule has 1 aromatic carbocycles. The van der Waals surface area contributed by atoms with Gasteiger partial charge in [0.2, 0.25) is 5.91 Å². The molecule has 1 heterocycles. The van der Waals surface area contributed by atoms with Crippen molar-refractivity contribution in [2.75, 3.05) is 29.9 Å². The molecule has 1 aromatic rings. The highest BCUT2D eigenvalue weighted by Gasteiger charge is 2.14. The Morgan fingerprint density at radius 1 is 1.21 bits per heavy atom. The summed E-state index contributed by atoms with van der Waals surface area (Å²) in [5.74, 6) is 0.204. The molecule has 19 heavy (non-hydrogen) atoms. The van der Waals surface area contributed by atoms with E-state index < -0.39 is 0 Å². The Kier molecular flexibility index (Phi) is 4.83. The molecule has 1 aliphatic rings. The van der Waals surface area contributed by atoms with Crippen molar-refractivity contribution in [2.45, 2.75) is 39.0 Å². The van der Waals surface area contributed by atoms with E-state index in [2.05, 4.69) is 36.1 Å². The van der Waals surface area contributed by atoms with Gasteiger partial charge in [0.1, 0.15) is 0 Å². The normalized spacial score (nSPS) is 14.7. The standard InChI is InChI=1S/C16H24N2O/c1-3-4-7-16(19)17(2)14-8-10-15(11-9-14)18-12-5-6-13-18/h8-11H,3-7,12-13H2,1-2H3. The molecule has 0 radical (unpaired) electrons. The number of unbranched alkanes of at least 4 members (excludes halogenated alkanes) is 1.